The van der Waals surface area contributed by atoms with Crippen LogP contribution in [-0.4, -0.2) is 28.5 Å². The monoisotopic (exact) mass is 403 g/mol. The molecule has 110 valence electrons. The number of aromatic nitrogens is 2. The van der Waals surface area contributed by atoms with Crippen LogP contribution in [0.25, 0.3) is 11.0 Å². The van der Waals surface area contributed by atoms with E-state index in [1.54, 1.807) is 25.2 Å². The second-order valence-corrected chi connectivity index (χ2v) is 9.24. The van der Waals surface area contributed by atoms with Gasteiger partial charge in [-0.25, -0.2) is 8.42 Å². The van der Waals surface area contributed by atoms with Crippen molar-refractivity contribution in [2.75, 3.05) is 7.05 Å². The fraction of sp³-hybridized carbons (Fsp3) is 0.167. The molecule has 0 spiro atoms. The number of thiophene rings is 1. The van der Waals surface area contributed by atoms with Crippen molar-refractivity contribution < 1.29 is 8.42 Å². The van der Waals surface area contributed by atoms with E-state index in [4.69, 9.17) is 0 Å². The van der Waals surface area contributed by atoms with Gasteiger partial charge in [0.25, 0.3) is 0 Å². The van der Waals surface area contributed by atoms with Crippen LogP contribution in [-0.2, 0) is 16.6 Å². The van der Waals surface area contributed by atoms with Gasteiger partial charge in [0.15, 0.2) is 0 Å². The summed E-state index contributed by atoms with van der Waals surface area (Å²) in [5.74, 6) is 0. The summed E-state index contributed by atoms with van der Waals surface area (Å²) < 4.78 is 35.9. The van der Waals surface area contributed by atoms with E-state index in [1.165, 1.54) is 15.6 Å². The number of rotatable bonds is 4. The highest BCUT2D eigenvalue weighted by Crippen LogP contribution is 2.26. The van der Waals surface area contributed by atoms with Crippen molar-refractivity contribution >= 4 is 60.1 Å². The zero-order chi connectivity index (χ0) is 15.0. The molecule has 0 fully saturated rings. The summed E-state index contributed by atoms with van der Waals surface area (Å²) in [6, 6.07) is 6.93. The van der Waals surface area contributed by atoms with Gasteiger partial charge in [-0.05, 0) is 45.1 Å². The molecule has 2 aromatic heterocycles. The molecule has 5 nitrogen and oxygen atoms in total. The second-order valence-electron chi connectivity index (χ2n) is 4.41. The summed E-state index contributed by atoms with van der Waals surface area (Å²) in [5, 5.41) is 1.93. The van der Waals surface area contributed by atoms with Crippen molar-refractivity contribution in [1.82, 2.24) is 13.1 Å². The molecule has 9 heteroatoms. The van der Waals surface area contributed by atoms with Crippen molar-refractivity contribution in [2.45, 2.75) is 11.4 Å². The van der Waals surface area contributed by atoms with Gasteiger partial charge in [-0.3, -0.25) is 0 Å². The van der Waals surface area contributed by atoms with Crippen molar-refractivity contribution in [2.24, 2.45) is 0 Å². The van der Waals surface area contributed by atoms with Gasteiger partial charge in [-0.15, -0.1) is 11.3 Å². The molecule has 0 amide bonds. The SMILES string of the molecule is CN(Cc1csc(Br)c1)S(=O)(=O)c1cccc2nsnc12. The molecular weight excluding hydrogens is 394 g/mol. The molecule has 3 rings (SSSR count). The Hall–Kier alpha value is -0.870. The lowest BCUT2D eigenvalue weighted by atomic mass is 10.3. The quantitative estimate of drug-likeness (QED) is 0.669. The number of halogens is 1. The minimum Gasteiger partial charge on any atom is -0.207 e. The van der Waals surface area contributed by atoms with E-state index in [-0.39, 0.29) is 4.90 Å². The lowest BCUT2D eigenvalue weighted by molar-refractivity contribution is 0.468. The molecule has 1 aromatic carbocycles. The standard InChI is InChI=1S/C12H10BrN3O2S3/c1-16(6-8-5-11(13)19-7-8)21(17,18)10-4-2-3-9-12(10)15-20-14-9/h2-5,7H,6H2,1H3. The molecule has 0 saturated heterocycles. The van der Waals surface area contributed by atoms with Crippen molar-refractivity contribution in [3.05, 3.63) is 39.0 Å². The maximum atomic E-state index is 12.7. The van der Waals surface area contributed by atoms with Crippen LogP contribution in [0.5, 0.6) is 0 Å². The molecule has 3 aromatic rings. The van der Waals surface area contributed by atoms with Crippen molar-refractivity contribution in [3.8, 4) is 0 Å². The Morgan fingerprint density at radius 3 is 2.86 bits per heavy atom. The first-order chi connectivity index (χ1) is 9.98. The molecular formula is C12H10BrN3O2S3. The minimum absolute atomic E-state index is 0.200. The number of sulfonamides is 1. The summed E-state index contributed by atoms with van der Waals surface area (Å²) in [7, 11) is -2.03. The largest absolute Gasteiger partial charge is 0.245 e. The Kier molecular flexibility index (Phi) is 4.10. The van der Waals surface area contributed by atoms with E-state index < -0.39 is 10.0 Å². The Balaban J connectivity index is 1.98. The molecule has 0 aliphatic rings. The minimum atomic E-state index is -3.60. The predicted octanol–water partition coefficient (Wildman–Crippen LogP) is 3.34. The third kappa shape index (κ3) is 2.88. The third-order valence-corrected chi connectivity index (χ3v) is 6.90. The smallest absolute Gasteiger partial charge is 0.207 e. The second kappa shape index (κ2) is 5.73. The van der Waals surface area contributed by atoms with Crippen LogP contribution < -0.4 is 0 Å². The summed E-state index contributed by atoms with van der Waals surface area (Å²) in [4.78, 5) is 0.200. The van der Waals surface area contributed by atoms with Gasteiger partial charge in [0.2, 0.25) is 10.0 Å². The van der Waals surface area contributed by atoms with Gasteiger partial charge < -0.3 is 0 Å². The van der Waals surface area contributed by atoms with E-state index in [0.29, 0.717) is 17.6 Å². The summed E-state index contributed by atoms with van der Waals surface area (Å²) >= 11 is 5.92. The zero-order valence-electron chi connectivity index (χ0n) is 10.9. The molecule has 0 atom stereocenters. The topological polar surface area (TPSA) is 63.2 Å². The van der Waals surface area contributed by atoms with E-state index >= 15 is 0 Å². The fourth-order valence-corrected chi connectivity index (χ4v) is 5.04. The summed E-state index contributed by atoms with van der Waals surface area (Å²) in [6.45, 7) is 0.318. The molecule has 0 bridgehead atoms. The van der Waals surface area contributed by atoms with Crippen LogP contribution >= 0.6 is 39.0 Å². The molecule has 21 heavy (non-hydrogen) atoms. The number of fused-ring (bicyclic) bond motifs is 1. The summed E-state index contributed by atoms with van der Waals surface area (Å²) in [6.07, 6.45) is 0. The normalized spacial score (nSPS) is 12.3. The number of hydrogen-bond donors (Lipinski definition) is 0. The highest BCUT2D eigenvalue weighted by Gasteiger charge is 2.24. The lowest BCUT2D eigenvalue weighted by Crippen LogP contribution is -2.26. The van der Waals surface area contributed by atoms with Gasteiger partial charge >= 0.3 is 0 Å². The van der Waals surface area contributed by atoms with E-state index in [1.807, 2.05) is 11.4 Å². The molecule has 0 unspecified atom stereocenters. The Bertz CT molecular complexity index is 888. The van der Waals surface area contributed by atoms with Gasteiger partial charge in [-0.1, -0.05) is 6.07 Å². The summed E-state index contributed by atoms with van der Waals surface area (Å²) in [5.41, 5.74) is 1.98. The highest BCUT2D eigenvalue weighted by atomic mass is 79.9. The third-order valence-electron chi connectivity index (χ3n) is 2.96. The van der Waals surface area contributed by atoms with Crippen LogP contribution in [0.3, 0.4) is 0 Å². The number of nitrogens with zero attached hydrogens (tertiary/aromatic N) is 3. The van der Waals surface area contributed by atoms with Crippen LogP contribution in [0.2, 0.25) is 0 Å². The van der Waals surface area contributed by atoms with Crippen molar-refractivity contribution in [3.63, 3.8) is 0 Å². The Labute approximate surface area is 138 Å². The van der Waals surface area contributed by atoms with Gasteiger partial charge in [0.05, 0.1) is 15.5 Å². The first kappa shape index (κ1) is 15.0. The average Bonchev–Trinajstić information content (AvgIpc) is 3.06. The molecule has 2 heterocycles. The Morgan fingerprint density at radius 1 is 1.33 bits per heavy atom. The lowest BCUT2D eigenvalue weighted by Gasteiger charge is -2.16. The van der Waals surface area contributed by atoms with Crippen LogP contribution in [0.1, 0.15) is 5.56 Å². The number of benzene rings is 1. The zero-order valence-corrected chi connectivity index (χ0v) is 14.9. The first-order valence-corrected chi connectivity index (χ1v) is 9.73. The van der Waals surface area contributed by atoms with Gasteiger partial charge in [0.1, 0.15) is 15.9 Å². The fourth-order valence-electron chi connectivity index (χ4n) is 1.93. The highest BCUT2D eigenvalue weighted by molar-refractivity contribution is 9.11. The van der Waals surface area contributed by atoms with Crippen molar-refractivity contribution in [1.29, 1.82) is 0 Å². The number of hydrogen-bond acceptors (Lipinski definition) is 6. The molecule has 0 aliphatic carbocycles. The van der Waals surface area contributed by atoms with Crippen LogP contribution in [0, 0.1) is 0 Å². The van der Waals surface area contributed by atoms with Crippen LogP contribution in [0.15, 0.2) is 38.3 Å². The average molecular weight is 404 g/mol. The Morgan fingerprint density at radius 2 is 2.14 bits per heavy atom. The molecule has 0 radical (unpaired) electrons. The molecule has 0 aliphatic heterocycles. The molecule has 0 N–H and O–H groups in total. The predicted molar refractivity (Wildman–Crippen MR) is 88.1 cm³/mol. The maximum Gasteiger partial charge on any atom is 0.245 e. The first-order valence-electron chi connectivity index (χ1n) is 5.89. The van der Waals surface area contributed by atoms with Crippen LogP contribution in [0.4, 0.5) is 0 Å². The van der Waals surface area contributed by atoms with E-state index in [0.717, 1.165) is 21.1 Å². The van der Waals surface area contributed by atoms with Gasteiger partial charge in [0, 0.05) is 13.6 Å². The van der Waals surface area contributed by atoms with Gasteiger partial charge in [-0.2, -0.15) is 13.1 Å². The molecule has 0 saturated carbocycles. The van der Waals surface area contributed by atoms with E-state index in [2.05, 4.69) is 24.7 Å². The van der Waals surface area contributed by atoms with E-state index in [9.17, 15) is 8.42 Å². The maximum absolute atomic E-state index is 12.7.